The number of carbonyl (C=O) groups excluding carboxylic acids is 1. The first kappa shape index (κ1) is 19.9. The zero-order valence-electron chi connectivity index (χ0n) is 14.4. The zero-order chi connectivity index (χ0) is 20.0. The van der Waals surface area contributed by atoms with E-state index in [1.54, 1.807) is 6.92 Å². The molecular formula is C17H17F2N3O5. The van der Waals surface area contributed by atoms with Gasteiger partial charge < -0.3 is 20.1 Å². The number of halogens is 2. The number of benzene rings is 2. The van der Waals surface area contributed by atoms with Crippen molar-refractivity contribution in [1.82, 2.24) is 0 Å². The minimum Gasteiger partial charge on any atom is -0.493 e. The van der Waals surface area contributed by atoms with Crippen LogP contribution in [0.4, 0.5) is 25.8 Å². The van der Waals surface area contributed by atoms with Gasteiger partial charge in [0.2, 0.25) is 5.91 Å². The zero-order valence-corrected chi connectivity index (χ0v) is 14.4. The summed E-state index contributed by atoms with van der Waals surface area (Å²) in [5, 5.41) is 16.2. The number of anilines is 2. The molecule has 0 spiro atoms. The van der Waals surface area contributed by atoms with Crippen molar-refractivity contribution in [2.24, 2.45) is 0 Å². The van der Waals surface area contributed by atoms with Crippen molar-refractivity contribution in [1.29, 1.82) is 0 Å². The number of hydrogen-bond donors (Lipinski definition) is 2. The molecule has 0 heterocycles. The first-order valence-corrected chi connectivity index (χ1v) is 7.75. The Morgan fingerprint density at radius 1 is 1.15 bits per heavy atom. The van der Waals surface area contributed by atoms with E-state index in [0.717, 1.165) is 0 Å². The summed E-state index contributed by atoms with van der Waals surface area (Å²) >= 11 is 0. The largest absolute Gasteiger partial charge is 0.493 e. The van der Waals surface area contributed by atoms with Crippen LogP contribution in [0.2, 0.25) is 0 Å². The summed E-state index contributed by atoms with van der Waals surface area (Å²) in [6.45, 7) is -1.48. The maximum atomic E-state index is 12.5. The minimum absolute atomic E-state index is 0.120. The fourth-order valence-electron chi connectivity index (χ4n) is 2.22. The predicted octanol–water partition coefficient (Wildman–Crippen LogP) is 3.64. The third kappa shape index (κ3) is 5.53. The Bertz CT molecular complexity index is 832. The quantitative estimate of drug-likeness (QED) is 0.535. The first-order valence-electron chi connectivity index (χ1n) is 7.75. The van der Waals surface area contributed by atoms with Crippen LogP contribution in [0.15, 0.2) is 42.5 Å². The van der Waals surface area contributed by atoms with Crippen molar-refractivity contribution in [2.75, 3.05) is 17.7 Å². The summed E-state index contributed by atoms with van der Waals surface area (Å²) < 4.78 is 34.3. The van der Waals surface area contributed by atoms with Gasteiger partial charge in [0, 0.05) is 29.6 Å². The number of alkyl halides is 2. The molecule has 0 fully saturated rings. The smallest absolute Gasteiger partial charge is 0.387 e. The van der Waals surface area contributed by atoms with Crippen molar-refractivity contribution in [3.63, 3.8) is 0 Å². The third-order valence-electron chi connectivity index (χ3n) is 3.48. The van der Waals surface area contributed by atoms with Crippen LogP contribution >= 0.6 is 0 Å². The number of amides is 1. The molecule has 0 aliphatic carbocycles. The summed E-state index contributed by atoms with van der Waals surface area (Å²) in [4.78, 5) is 22.5. The normalized spacial score (nSPS) is 11.6. The van der Waals surface area contributed by atoms with E-state index in [1.807, 2.05) is 0 Å². The van der Waals surface area contributed by atoms with Crippen molar-refractivity contribution in [3.05, 3.63) is 52.6 Å². The Hall–Kier alpha value is -3.43. The lowest BCUT2D eigenvalue weighted by Crippen LogP contribution is -2.31. The number of hydrogen-bond acceptors (Lipinski definition) is 6. The van der Waals surface area contributed by atoms with Gasteiger partial charge in [-0.15, -0.1) is 0 Å². The van der Waals surface area contributed by atoms with Gasteiger partial charge in [0.1, 0.15) is 6.04 Å². The summed E-state index contributed by atoms with van der Waals surface area (Å²) in [5.74, 6) is -0.527. The molecule has 2 aromatic carbocycles. The number of non-ortho nitro benzene ring substituents is 1. The summed E-state index contributed by atoms with van der Waals surface area (Å²) in [6.07, 6.45) is 0. The van der Waals surface area contributed by atoms with Crippen LogP contribution in [-0.2, 0) is 4.79 Å². The fourth-order valence-corrected chi connectivity index (χ4v) is 2.22. The molecule has 1 atom stereocenters. The van der Waals surface area contributed by atoms with Crippen molar-refractivity contribution in [2.45, 2.75) is 19.6 Å². The molecule has 0 aliphatic rings. The van der Waals surface area contributed by atoms with Gasteiger partial charge in [0.25, 0.3) is 5.69 Å². The van der Waals surface area contributed by atoms with Crippen LogP contribution in [0.1, 0.15) is 6.92 Å². The van der Waals surface area contributed by atoms with Gasteiger partial charge in [-0.1, -0.05) is 6.07 Å². The highest BCUT2D eigenvalue weighted by molar-refractivity contribution is 5.96. The molecule has 0 radical (unpaired) electrons. The van der Waals surface area contributed by atoms with Gasteiger partial charge in [-0.2, -0.15) is 8.78 Å². The fraction of sp³-hybridized carbons (Fsp3) is 0.235. The van der Waals surface area contributed by atoms with Gasteiger partial charge in [-0.3, -0.25) is 14.9 Å². The Kier molecular flexibility index (Phi) is 6.47. The van der Waals surface area contributed by atoms with E-state index in [2.05, 4.69) is 15.4 Å². The van der Waals surface area contributed by atoms with E-state index < -0.39 is 23.5 Å². The molecule has 10 heteroatoms. The van der Waals surface area contributed by atoms with Crippen molar-refractivity contribution in [3.8, 4) is 11.5 Å². The van der Waals surface area contributed by atoms with E-state index >= 15 is 0 Å². The second-order valence-corrected chi connectivity index (χ2v) is 5.41. The van der Waals surface area contributed by atoms with Crippen LogP contribution in [0.25, 0.3) is 0 Å². The van der Waals surface area contributed by atoms with Gasteiger partial charge in [-0.05, 0) is 25.1 Å². The van der Waals surface area contributed by atoms with E-state index in [0.29, 0.717) is 5.69 Å². The molecule has 0 saturated heterocycles. The molecule has 0 bridgehead atoms. The van der Waals surface area contributed by atoms with Crippen LogP contribution in [-0.4, -0.2) is 30.6 Å². The second kappa shape index (κ2) is 8.79. The Balaban J connectivity index is 2.07. The van der Waals surface area contributed by atoms with Gasteiger partial charge in [0.15, 0.2) is 11.5 Å². The molecule has 2 N–H and O–H groups in total. The highest BCUT2D eigenvalue weighted by Gasteiger charge is 2.16. The number of methoxy groups -OCH3 is 1. The lowest BCUT2D eigenvalue weighted by atomic mass is 10.2. The van der Waals surface area contributed by atoms with E-state index in [-0.39, 0.29) is 22.9 Å². The standard InChI is InChI=1S/C17H17F2N3O5/c1-10(16(23)21-11-4-3-5-13(8-11)22(24)25)20-12-6-7-14(26-2)15(9-12)27-17(18)19/h3-10,17,20H,1-2H3,(H,21,23). The molecule has 8 nitrogen and oxygen atoms in total. The Labute approximate surface area is 153 Å². The van der Waals surface area contributed by atoms with Gasteiger partial charge >= 0.3 is 6.61 Å². The van der Waals surface area contributed by atoms with Crippen LogP contribution < -0.4 is 20.1 Å². The maximum absolute atomic E-state index is 12.5. The second-order valence-electron chi connectivity index (χ2n) is 5.41. The lowest BCUT2D eigenvalue weighted by molar-refractivity contribution is -0.384. The SMILES string of the molecule is COc1ccc(NC(C)C(=O)Nc2cccc([N+](=O)[O-])c2)cc1OC(F)F. The number of ether oxygens (including phenoxy) is 2. The molecule has 2 rings (SSSR count). The number of rotatable bonds is 8. The van der Waals surface area contributed by atoms with Crippen LogP contribution in [0.5, 0.6) is 11.5 Å². The Morgan fingerprint density at radius 2 is 1.89 bits per heavy atom. The number of nitrogens with zero attached hydrogens (tertiary/aromatic N) is 1. The topological polar surface area (TPSA) is 103 Å². The highest BCUT2D eigenvalue weighted by Crippen LogP contribution is 2.31. The summed E-state index contributed by atoms with van der Waals surface area (Å²) in [6, 6.07) is 8.97. The third-order valence-corrected chi connectivity index (χ3v) is 3.48. The molecule has 1 amide bonds. The van der Waals surface area contributed by atoms with Gasteiger partial charge in [-0.25, -0.2) is 0 Å². The molecule has 0 aliphatic heterocycles. The van der Waals surface area contributed by atoms with Crippen molar-refractivity contribution >= 4 is 23.0 Å². The van der Waals surface area contributed by atoms with E-state index in [4.69, 9.17) is 4.74 Å². The molecule has 0 aromatic heterocycles. The predicted molar refractivity (Wildman–Crippen MR) is 94.4 cm³/mol. The molecule has 144 valence electrons. The Morgan fingerprint density at radius 3 is 2.52 bits per heavy atom. The number of nitro groups is 1. The van der Waals surface area contributed by atoms with Crippen LogP contribution in [0, 0.1) is 10.1 Å². The average molecular weight is 381 g/mol. The highest BCUT2D eigenvalue weighted by atomic mass is 19.3. The molecule has 1 unspecified atom stereocenters. The monoisotopic (exact) mass is 381 g/mol. The summed E-state index contributed by atoms with van der Waals surface area (Å²) in [7, 11) is 1.32. The number of nitrogens with one attached hydrogen (secondary N) is 2. The molecule has 0 saturated carbocycles. The lowest BCUT2D eigenvalue weighted by Gasteiger charge is -2.17. The maximum Gasteiger partial charge on any atom is 0.387 e. The van der Waals surface area contributed by atoms with E-state index in [9.17, 15) is 23.7 Å². The van der Waals surface area contributed by atoms with Crippen LogP contribution in [0.3, 0.4) is 0 Å². The summed E-state index contributed by atoms with van der Waals surface area (Å²) in [5.41, 5.74) is 0.463. The average Bonchev–Trinajstić information content (AvgIpc) is 2.61. The van der Waals surface area contributed by atoms with Crippen molar-refractivity contribution < 1.29 is 28.0 Å². The van der Waals surface area contributed by atoms with Gasteiger partial charge in [0.05, 0.1) is 12.0 Å². The first-order chi connectivity index (χ1) is 12.8. The minimum atomic E-state index is -3.02. The molecule has 2 aromatic rings. The molecule has 27 heavy (non-hydrogen) atoms. The number of nitro benzene ring substituents is 1. The van der Waals surface area contributed by atoms with E-state index in [1.165, 1.54) is 49.6 Å². The number of carbonyl (C=O) groups is 1. The molecular weight excluding hydrogens is 364 g/mol.